The van der Waals surface area contributed by atoms with Gasteiger partial charge in [-0.2, -0.15) is 5.10 Å². The highest BCUT2D eigenvalue weighted by molar-refractivity contribution is 5.88. The molecule has 0 radical (unpaired) electrons. The van der Waals surface area contributed by atoms with E-state index in [9.17, 15) is 20.0 Å². The Kier molecular flexibility index (Phi) is 5.06. The van der Waals surface area contributed by atoms with E-state index in [2.05, 4.69) is 10.5 Å². The van der Waals surface area contributed by atoms with Crippen molar-refractivity contribution in [2.45, 2.75) is 6.10 Å². The molecule has 1 aliphatic heterocycles. The monoisotopic (exact) mass is 372 g/mol. The number of hydrogen-bond donors (Lipinski definition) is 1. The molecule has 2 aromatic carbocycles. The molecule has 0 spiro atoms. The molecule has 0 saturated carbocycles. The molecule has 3 rings (SSSR count). The summed E-state index contributed by atoms with van der Waals surface area (Å²) in [5.41, 5.74) is 1.78. The Labute approximate surface area is 153 Å². The minimum atomic E-state index is -0.927. The third-order valence-corrected chi connectivity index (χ3v) is 3.68. The fourth-order valence-corrected chi connectivity index (χ4v) is 2.35. The number of para-hydroxylation sites is 2. The predicted molar refractivity (Wildman–Crippen MR) is 91.2 cm³/mol. The van der Waals surface area contributed by atoms with Crippen molar-refractivity contribution in [1.82, 2.24) is 5.43 Å². The highest BCUT2D eigenvalue weighted by atomic mass is 16.6. The van der Waals surface area contributed by atoms with Gasteiger partial charge in [-0.05, 0) is 17.7 Å². The molecule has 0 saturated heterocycles. The smallest absolute Gasteiger partial charge is 0.284 e. The second-order valence-corrected chi connectivity index (χ2v) is 5.42. The largest absolute Gasteiger partial charge is 0.870 e. The van der Waals surface area contributed by atoms with Crippen molar-refractivity contribution in [2.24, 2.45) is 5.10 Å². The van der Waals surface area contributed by atoms with Crippen molar-refractivity contribution in [3.8, 4) is 23.0 Å². The molecule has 1 aliphatic rings. The summed E-state index contributed by atoms with van der Waals surface area (Å²) in [5.74, 6) is -0.418. The van der Waals surface area contributed by atoms with Gasteiger partial charge in [-0.3, -0.25) is 14.9 Å². The zero-order valence-electron chi connectivity index (χ0n) is 14.1. The van der Waals surface area contributed by atoms with Crippen molar-refractivity contribution in [2.75, 3.05) is 13.7 Å². The maximum absolute atomic E-state index is 12.1. The van der Waals surface area contributed by atoms with Crippen LogP contribution in [0.25, 0.3) is 0 Å². The molecule has 10 heteroatoms. The summed E-state index contributed by atoms with van der Waals surface area (Å²) in [6, 6.07) is 8.96. The maximum Gasteiger partial charge on any atom is 0.284 e. The fourth-order valence-electron chi connectivity index (χ4n) is 2.35. The molecule has 0 aliphatic carbocycles. The van der Waals surface area contributed by atoms with Crippen LogP contribution in [0.15, 0.2) is 41.5 Å². The van der Waals surface area contributed by atoms with Gasteiger partial charge in [-0.15, -0.1) is 0 Å². The van der Waals surface area contributed by atoms with Gasteiger partial charge in [0.1, 0.15) is 12.4 Å². The fraction of sp³-hybridized carbons (Fsp3) is 0.176. The molecule has 140 valence electrons. The van der Waals surface area contributed by atoms with Crippen LogP contribution in [-0.2, 0) is 4.79 Å². The molecule has 1 heterocycles. The van der Waals surface area contributed by atoms with Crippen LogP contribution in [0.1, 0.15) is 5.56 Å². The van der Waals surface area contributed by atoms with Crippen molar-refractivity contribution < 1.29 is 29.0 Å². The number of carbonyl (C=O) groups is 1. The normalized spacial score (nSPS) is 15.4. The van der Waals surface area contributed by atoms with E-state index < -0.39 is 22.7 Å². The van der Waals surface area contributed by atoms with Crippen molar-refractivity contribution in [1.29, 1.82) is 0 Å². The molecule has 27 heavy (non-hydrogen) atoms. The van der Waals surface area contributed by atoms with Gasteiger partial charge in [-0.1, -0.05) is 17.9 Å². The van der Waals surface area contributed by atoms with E-state index in [1.807, 2.05) is 0 Å². The van der Waals surface area contributed by atoms with E-state index in [0.717, 1.165) is 18.3 Å². The summed E-state index contributed by atoms with van der Waals surface area (Å²) in [5, 5.41) is 26.7. The van der Waals surface area contributed by atoms with Gasteiger partial charge in [0, 0.05) is 6.07 Å². The summed E-state index contributed by atoms with van der Waals surface area (Å²) in [6.07, 6.45) is 0.0799. The Morgan fingerprint density at radius 2 is 2.11 bits per heavy atom. The highest BCUT2D eigenvalue weighted by Gasteiger charge is 2.27. The van der Waals surface area contributed by atoms with Gasteiger partial charge in [0.25, 0.3) is 11.6 Å². The average molecular weight is 372 g/mol. The topological polar surface area (TPSA) is 135 Å². The molecule has 2 aromatic rings. The molecule has 10 nitrogen and oxygen atoms in total. The molecule has 1 atom stereocenters. The average Bonchev–Trinajstić information content (AvgIpc) is 2.68. The quantitative estimate of drug-likeness (QED) is 0.469. The van der Waals surface area contributed by atoms with Crippen LogP contribution >= 0.6 is 0 Å². The Bertz CT molecular complexity index is 913. The molecule has 0 aromatic heterocycles. The number of hydrazone groups is 1. The summed E-state index contributed by atoms with van der Waals surface area (Å²) >= 11 is 0. The first-order valence-electron chi connectivity index (χ1n) is 7.74. The number of fused-ring (bicyclic) bond motifs is 1. The molecule has 0 unspecified atom stereocenters. The summed E-state index contributed by atoms with van der Waals surface area (Å²) in [6.45, 7) is -0.00416. The second kappa shape index (κ2) is 7.60. The third-order valence-electron chi connectivity index (χ3n) is 3.68. The predicted octanol–water partition coefficient (Wildman–Crippen LogP) is 0.967. The van der Waals surface area contributed by atoms with E-state index in [4.69, 9.17) is 14.2 Å². The molecular formula is C17H14N3O7-. The zero-order chi connectivity index (χ0) is 19.4. The van der Waals surface area contributed by atoms with Gasteiger partial charge in [0.05, 0.1) is 24.3 Å². The number of nitrogens with one attached hydrogen (secondary N) is 1. The number of ether oxygens (including phenoxy) is 3. The first-order valence-corrected chi connectivity index (χ1v) is 7.74. The molecule has 1 amide bonds. The Balaban J connectivity index is 1.70. The zero-order valence-corrected chi connectivity index (χ0v) is 14.1. The lowest BCUT2D eigenvalue weighted by Gasteiger charge is -2.24. The van der Waals surface area contributed by atoms with Crippen molar-refractivity contribution in [3.05, 3.63) is 52.1 Å². The number of nitro groups is 1. The van der Waals surface area contributed by atoms with E-state index in [0.29, 0.717) is 11.5 Å². The Morgan fingerprint density at radius 1 is 1.37 bits per heavy atom. The Morgan fingerprint density at radius 3 is 2.81 bits per heavy atom. The van der Waals surface area contributed by atoms with Crippen molar-refractivity contribution in [3.63, 3.8) is 0 Å². The van der Waals surface area contributed by atoms with Crippen LogP contribution in [0.5, 0.6) is 23.0 Å². The number of hydrogen-bond acceptors (Lipinski definition) is 8. The van der Waals surface area contributed by atoms with Gasteiger partial charge >= 0.3 is 0 Å². The third kappa shape index (κ3) is 3.89. The van der Waals surface area contributed by atoms with Crippen LogP contribution in [0, 0.1) is 10.1 Å². The number of non-ortho nitro benzene ring substituents is 1. The summed E-state index contributed by atoms with van der Waals surface area (Å²) in [7, 11) is 1.22. The van der Waals surface area contributed by atoms with Gasteiger partial charge in [-0.25, -0.2) is 5.43 Å². The van der Waals surface area contributed by atoms with Gasteiger partial charge in [0.15, 0.2) is 11.5 Å². The summed E-state index contributed by atoms with van der Waals surface area (Å²) < 4.78 is 15.8. The van der Waals surface area contributed by atoms with E-state index >= 15 is 0 Å². The number of methoxy groups -OCH3 is 1. The van der Waals surface area contributed by atoms with E-state index in [1.54, 1.807) is 24.3 Å². The van der Waals surface area contributed by atoms with Crippen molar-refractivity contribution >= 4 is 17.8 Å². The molecule has 1 N–H and O–H groups in total. The standard InChI is InChI=1S/C17H15N3O7/c1-25-14-7-11(20(23)24)6-10(16(14)21)8-18-19-17(22)15-9-26-12-4-2-3-5-13(12)27-15/h2-8,15,21H,9H2,1H3,(H,19,22)/p-1/b18-8-/t15-/m1/s1. The summed E-state index contributed by atoms with van der Waals surface area (Å²) in [4.78, 5) is 22.4. The number of carbonyl (C=O) groups excluding carboxylic acids is 1. The lowest BCUT2D eigenvalue weighted by Crippen LogP contribution is -2.42. The number of benzene rings is 2. The second-order valence-electron chi connectivity index (χ2n) is 5.42. The maximum atomic E-state index is 12.1. The number of amides is 1. The number of nitro benzene ring substituents is 1. The molecule has 0 fully saturated rings. The number of nitrogens with zero attached hydrogens (tertiary/aromatic N) is 2. The van der Waals surface area contributed by atoms with E-state index in [-0.39, 0.29) is 23.6 Å². The minimum Gasteiger partial charge on any atom is -0.870 e. The van der Waals surface area contributed by atoms with Crippen LogP contribution in [0.2, 0.25) is 0 Å². The van der Waals surface area contributed by atoms with Gasteiger partial charge < -0.3 is 19.3 Å². The van der Waals surface area contributed by atoms with E-state index in [1.165, 1.54) is 7.11 Å². The first kappa shape index (κ1) is 18.0. The van der Waals surface area contributed by atoms with Crippen LogP contribution in [0.3, 0.4) is 0 Å². The first-order chi connectivity index (χ1) is 13.0. The molecule has 0 bridgehead atoms. The number of rotatable bonds is 5. The lowest BCUT2D eigenvalue weighted by atomic mass is 10.2. The van der Waals surface area contributed by atoms with Crippen LogP contribution in [0.4, 0.5) is 5.69 Å². The minimum absolute atomic E-state index is 0.00416. The molecular weight excluding hydrogens is 358 g/mol. The lowest BCUT2D eigenvalue weighted by molar-refractivity contribution is -0.385. The highest BCUT2D eigenvalue weighted by Crippen LogP contribution is 2.32. The van der Waals surface area contributed by atoms with Crippen LogP contribution in [-0.4, -0.2) is 36.9 Å². The SMILES string of the molecule is COc1cc([N+](=O)[O-])cc(/C=N\NC(=O)[C@H]2COc3ccccc3O2)c1[O-]. The Hall–Kier alpha value is -3.82. The van der Waals surface area contributed by atoms with Crippen LogP contribution < -0.4 is 24.7 Å². The van der Waals surface area contributed by atoms with Gasteiger partial charge in [0.2, 0.25) is 6.10 Å².